The zero-order valence-corrected chi connectivity index (χ0v) is 17.9. The molecule has 154 valence electrons. The second-order valence-electron chi connectivity index (χ2n) is 8.43. The van der Waals surface area contributed by atoms with Gasteiger partial charge in [0, 0.05) is 0 Å². The van der Waals surface area contributed by atoms with Gasteiger partial charge in [0.1, 0.15) is 12.5 Å². The van der Waals surface area contributed by atoms with Gasteiger partial charge in [0.2, 0.25) is 0 Å². The number of esters is 2. The second kappa shape index (κ2) is 15.0. The monoisotopic (exact) mass is 370 g/mol. The molecule has 1 atom stereocenters. The predicted octanol–water partition coefficient (Wildman–Crippen LogP) is 6.21. The Kier molecular flexibility index (Phi) is 14.4. The summed E-state index contributed by atoms with van der Waals surface area (Å²) in [5.74, 6) is -0.987. The van der Waals surface area contributed by atoms with Crippen LogP contribution in [0, 0.1) is 5.41 Å². The highest BCUT2D eigenvalue weighted by molar-refractivity contribution is 5.91. The van der Waals surface area contributed by atoms with Crippen molar-refractivity contribution in [3.05, 3.63) is 0 Å². The molecule has 0 fully saturated rings. The van der Waals surface area contributed by atoms with Crippen molar-refractivity contribution in [2.24, 2.45) is 5.41 Å². The smallest absolute Gasteiger partial charge is 0.317 e. The summed E-state index contributed by atoms with van der Waals surface area (Å²) < 4.78 is 10.4. The number of ether oxygens (including phenoxy) is 2. The van der Waals surface area contributed by atoms with Crippen LogP contribution in [-0.2, 0) is 19.1 Å². The number of rotatable bonds is 15. The van der Waals surface area contributed by atoms with E-state index in [0.717, 1.165) is 12.8 Å². The van der Waals surface area contributed by atoms with Gasteiger partial charge in [0.05, 0.1) is 6.61 Å². The van der Waals surface area contributed by atoms with Crippen LogP contribution in [0.3, 0.4) is 0 Å². The Bertz CT molecular complexity index is 371. The molecule has 0 aliphatic carbocycles. The van der Waals surface area contributed by atoms with Gasteiger partial charge in [-0.15, -0.1) is 0 Å². The van der Waals surface area contributed by atoms with Gasteiger partial charge in [-0.3, -0.25) is 9.59 Å². The summed E-state index contributed by atoms with van der Waals surface area (Å²) in [6.07, 6.45) is 13.3. The fourth-order valence-electron chi connectivity index (χ4n) is 2.54. The van der Waals surface area contributed by atoms with E-state index >= 15 is 0 Å². The molecule has 0 aliphatic rings. The summed E-state index contributed by atoms with van der Waals surface area (Å²) in [6, 6.07) is 0. The average Bonchev–Trinajstić information content (AvgIpc) is 2.54. The summed E-state index contributed by atoms with van der Waals surface area (Å²) in [7, 11) is 0. The van der Waals surface area contributed by atoms with E-state index in [1.165, 1.54) is 57.8 Å². The zero-order chi connectivity index (χ0) is 19.8. The summed E-state index contributed by atoms with van der Waals surface area (Å²) in [6.45, 7) is 10.5. The fraction of sp³-hybridized carbons (Fsp3) is 0.909. The lowest BCUT2D eigenvalue weighted by molar-refractivity contribution is -0.160. The van der Waals surface area contributed by atoms with Crippen molar-refractivity contribution in [1.29, 1.82) is 0 Å². The van der Waals surface area contributed by atoms with Gasteiger partial charge in [-0.05, 0) is 18.8 Å². The van der Waals surface area contributed by atoms with Crippen LogP contribution in [0.2, 0.25) is 0 Å². The van der Waals surface area contributed by atoms with Crippen LogP contribution in [0.25, 0.3) is 0 Å². The normalized spacial score (nSPS) is 12.7. The van der Waals surface area contributed by atoms with Gasteiger partial charge in [-0.25, -0.2) is 0 Å². The molecular weight excluding hydrogens is 328 g/mol. The van der Waals surface area contributed by atoms with Crippen LogP contribution in [0.15, 0.2) is 0 Å². The number of carbonyl (C=O) groups excluding carboxylic acids is 2. The maximum atomic E-state index is 11.7. The van der Waals surface area contributed by atoms with Gasteiger partial charge in [0.25, 0.3) is 0 Å². The molecular formula is C22H42O4. The highest BCUT2D eigenvalue weighted by Gasteiger charge is 2.24. The van der Waals surface area contributed by atoms with Crippen molar-refractivity contribution in [3.8, 4) is 0 Å². The van der Waals surface area contributed by atoms with E-state index in [1.807, 2.05) is 27.7 Å². The molecule has 0 aromatic heterocycles. The topological polar surface area (TPSA) is 52.6 Å². The minimum atomic E-state index is -0.503. The van der Waals surface area contributed by atoms with Crippen molar-refractivity contribution >= 4 is 11.9 Å². The molecule has 0 rings (SSSR count). The lowest BCUT2D eigenvalue weighted by atomic mass is 9.90. The van der Waals surface area contributed by atoms with E-state index in [-0.39, 0.29) is 17.9 Å². The van der Waals surface area contributed by atoms with Crippen LogP contribution < -0.4 is 0 Å². The number of hydrogen-bond donors (Lipinski definition) is 0. The third kappa shape index (κ3) is 15.2. The quantitative estimate of drug-likeness (QED) is 0.195. The zero-order valence-electron chi connectivity index (χ0n) is 17.9. The molecule has 0 amide bonds. The molecule has 0 N–H and O–H groups in total. The third-order valence-corrected chi connectivity index (χ3v) is 4.83. The Morgan fingerprint density at radius 1 is 0.769 bits per heavy atom. The third-order valence-electron chi connectivity index (χ3n) is 4.83. The van der Waals surface area contributed by atoms with Crippen molar-refractivity contribution in [3.63, 3.8) is 0 Å². The Hall–Kier alpha value is -1.06. The SMILES string of the molecule is CCCCCCCCCCCCCOC(=O)CC(=O)OC(C)C(C)(C)C. The van der Waals surface area contributed by atoms with Crippen molar-refractivity contribution in [2.45, 2.75) is 118 Å². The van der Waals surface area contributed by atoms with Crippen LogP contribution in [0.1, 0.15) is 112 Å². The van der Waals surface area contributed by atoms with Crippen LogP contribution in [0.4, 0.5) is 0 Å². The molecule has 0 saturated heterocycles. The molecule has 4 heteroatoms. The first-order valence-electron chi connectivity index (χ1n) is 10.6. The van der Waals surface area contributed by atoms with E-state index in [0.29, 0.717) is 6.61 Å². The van der Waals surface area contributed by atoms with Crippen LogP contribution in [-0.4, -0.2) is 24.6 Å². The standard InChI is InChI=1S/C22H42O4/c1-6-7-8-9-10-11-12-13-14-15-16-17-25-20(23)18-21(24)26-19(2)22(3,4)5/h19H,6-18H2,1-5H3. The Balaban J connectivity index is 3.48. The van der Waals surface area contributed by atoms with E-state index in [2.05, 4.69) is 6.92 Å². The number of hydrogen-bond acceptors (Lipinski definition) is 4. The highest BCUT2D eigenvalue weighted by atomic mass is 16.6. The minimum Gasteiger partial charge on any atom is -0.465 e. The molecule has 0 saturated carbocycles. The van der Waals surface area contributed by atoms with Gasteiger partial charge >= 0.3 is 11.9 Å². The minimum absolute atomic E-state index is 0.130. The van der Waals surface area contributed by atoms with E-state index < -0.39 is 11.9 Å². The molecule has 26 heavy (non-hydrogen) atoms. The molecule has 0 aromatic carbocycles. The lowest BCUT2D eigenvalue weighted by Crippen LogP contribution is -2.29. The predicted molar refractivity (Wildman–Crippen MR) is 107 cm³/mol. The Morgan fingerprint density at radius 3 is 1.69 bits per heavy atom. The molecule has 4 nitrogen and oxygen atoms in total. The first-order valence-corrected chi connectivity index (χ1v) is 10.6. The van der Waals surface area contributed by atoms with Crippen molar-refractivity contribution < 1.29 is 19.1 Å². The molecule has 0 radical (unpaired) electrons. The summed E-state index contributed by atoms with van der Waals surface area (Å²) in [5.41, 5.74) is -0.130. The van der Waals surface area contributed by atoms with E-state index in [9.17, 15) is 9.59 Å². The van der Waals surface area contributed by atoms with Crippen molar-refractivity contribution in [1.82, 2.24) is 0 Å². The van der Waals surface area contributed by atoms with Gasteiger partial charge < -0.3 is 9.47 Å². The average molecular weight is 371 g/mol. The number of carbonyl (C=O) groups is 2. The maximum absolute atomic E-state index is 11.7. The highest BCUT2D eigenvalue weighted by Crippen LogP contribution is 2.22. The largest absolute Gasteiger partial charge is 0.465 e. The van der Waals surface area contributed by atoms with Gasteiger partial charge in [-0.1, -0.05) is 91.9 Å². The van der Waals surface area contributed by atoms with E-state index in [1.54, 1.807) is 0 Å². The van der Waals surface area contributed by atoms with E-state index in [4.69, 9.17) is 9.47 Å². The van der Waals surface area contributed by atoms with Crippen molar-refractivity contribution in [2.75, 3.05) is 6.61 Å². The Morgan fingerprint density at radius 2 is 1.23 bits per heavy atom. The molecule has 0 aromatic rings. The van der Waals surface area contributed by atoms with Crippen LogP contribution in [0.5, 0.6) is 0 Å². The first-order chi connectivity index (χ1) is 12.3. The molecule has 0 heterocycles. The molecule has 1 unspecified atom stereocenters. The molecule has 0 aliphatic heterocycles. The van der Waals surface area contributed by atoms with Gasteiger partial charge in [-0.2, -0.15) is 0 Å². The summed E-state index contributed by atoms with van der Waals surface area (Å²) >= 11 is 0. The van der Waals surface area contributed by atoms with Crippen LogP contribution >= 0.6 is 0 Å². The molecule has 0 spiro atoms. The second-order valence-corrected chi connectivity index (χ2v) is 8.43. The summed E-state index contributed by atoms with van der Waals surface area (Å²) in [4.78, 5) is 23.3. The lowest BCUT2D eigenvalue weighted by Gasteiger charge is -2.26. The maximum Gasteiger partial charge on any atom is 0.317 e. The number of unbranched alkanes of at least 4 members (excludes halogenated alkanes) is 10. The fourth-order valence-corrected chi connectivity index (χ4v) is 2.54. The Labute approximate surface area is 161 Å². The van der Waals surface area contributed by atoms with Gasteiger partial charge in [0.15, 0.2) is 0 Å². The first kappa shape index (κ1) is 24.9. The summed E-state index contributed by atoms with van der Waals surface area (Å²) in [5, 5.41) is 0. The molecule has 0 bridgehead atoms.